The molecule has 2 fully saturated rings. The minimum atomic E-state index is -4.57. The average Bonchev–Trinajstić information content (AvgIpc) is 3.56. The number of carbonyl (C=O) groups excluding carboxylic acids is 1. The van der Waals surface area contributed by atoms with Crippen LogP contribution in [-0.4, -0.2) is 32.9 Å². The molecule has 8 nitrogen and oxygen atoms in total. The number of alkyl halides is 3. The molecule has 11 heteroatoms. The Hall–Kier alpha value is -2.95. The number of halogens is 3. The highest BCUT2D eigenvalue weighted by atomic mass is 19.4. The quantitative estimate of drug-likeness (QED) is 0.547. The number of nitrogens with one attached hydrogen (secondary N) is 3. The van der Waals surface area contributed by atoms with E-state index in [0.29, 0.717) is 24.3 Å². The molecule has 0 atom stereocenters. The summed E-state index contributed by atoms with van der Waals surface area (Å²) in [6.45, 7) is 0. The summed E-state index contributed by atoms with van der Waals surface area (Å²) in [6.07, 6.45) is 2.31. The van der Waals surface area contributed by atoms with Crippen LogP contribution in [0.15, 0.2) is 24.5 Å². The smallest absolute Gasteiger partial charge is 0.367 e. The number of anilines is 4. The lowest BCUT2D eigenvalue weighted by atomic mass is 9.92. The largest absolute Gasteiger partial charge is 0.421 e. The number of hydrogen-bond donors (Lipinski definition) is 4. The molecule has 31 heavy (non-hydrogen) atoms. The van der Waals surface area contributed by atoms with E-state index in [2.05, 4.69) is 30.9 Å². The third-order valence-electron chi connectivity index (χ3n) is 5.43. The molecule has 2 aromatic rings. The fourth-order valence-corrected chi connectivity index (χ4v) is 3.46. The molecule has 2 aromatic heterocycles. The number of nitrogens with zero attached hydrogens (tertiary/aromatic N) is 3. The van der Waals surface area contributed by atoms with E-state index < -0.39 is 11.7 Å². The Kier molecular flexibility index (Phi) is 5.94. The van der Waals surface area contributed by atoms with Crippen molar-refractivity contribution in [1.82, 2.24) is 15.0 Å². The number of rotatable bonds is 6. The molecule has 0 radical (unpaired) electrons. The summed E-state index contributed by atoms with van der Waals surface area (Å²) in [5.74, 6) is 0.171. The molecule has 0 aliphatic heterocycles. The van der Waals surface area contributed by atoms with Gasteiger partial charge in [0.1, 0.15) is 17.2 Å². The maximum atomic E-state index is 13.4. The summed E-state index contributed by atoms with van der Waals surface area (Å²) in [7, 11) is 0. The standard InChI is InChI=1S/C20H24F3N7O/c21-20(22,23)15-10-26-19(30-17(15)27-13-5-3-12(24)4-6-13)28-14-7-8-16(25-9-14)29-18(31)11-1-2-11/h7-13H,1-6,24H2,(H,25,29,31)(H2,26,27,28,30). The van der Waals surface area contributed by atoms with E-state index >= 15 is 0 Å². The van der Waals surface area contributed by atoms with Crippen molar-refractivity contribution in [2.45, 2.75) is 56.8 Å². The van der Waals surface area contributed by atoms with E-state index in [9.17, 15) is 18.0 Å². The maximum absolute atomic E-state index is 13.4. The van der Waals surface area contributed by atoms with Crippen LogP contribution >= 0.6 is 0 Å². The SMILES string of the molecule is NC1CCC(Nc2nc(Nc3ccc(NC(=O)C4CC4)nc3)ncc2C(F)(F)F)CC1. The van der Waals surface area contributed by atoms with Gasteiger partial charge in [0, 0.05) is 24.2 Å². The van der Waals surface area contributed by atoms with Crippen LogP contribution in [-0.2, 0) is 11.0 Å². The summed E-state index contributed by atoms with van der Waals surface area (Å²) in [4.78, 5) is 23.8. The van der Waals surface area contributed by atoms with Gasteiger partial charge in [0.2, 0.25) is 11.9 Å². The first-order valence-corrected chi connectivity index (χ1v) is 10.3. The van der Waals surface area contributed by atoms with Crippen molar-refractivity contribution in [3.05, 3.63) is 30.1 Å². The second kappa shape index (κ2) is 8.66. The van der Waals surface area contributed by atoms with Crippen LogP contribution in [0.25, 0.3) is 0 Å². The summed E-state index contributed by atoms with van der Waals surface area (Å²) in [5, 5.41) is 8.50. The monoisotopic (exact) mass is 435 g/mol. The number of amides is 1. The lowest BCUT2D eigenvalue weighted by Gasteiger charge is -2.28. The molecule has 2 heterocycles. The summed E-state index contributed by atoms with van der Waals surface area (Å²) in [5.41, 5.74) is 5.45. The predicted octanol–water partition coefficient (Wildman–Crippen LogP) is 3.66. The Morgan fingerprint density at radius 2 is 1.77 bits per heavy atom. The second-order valence-corrected chi connectivity index (χ2v) is 8.03. The summed E-state index contributed by atoms with van der Waals surface area (Å²) < 4.78 is 40.3. The lowest BCUT2D eigenvalue weighted by Crippen LogP contribution is -2.33. The number of nitrogens with two attached hydrogens (primary N) is 1. The van der Waals surface area contributed by atoms with Gasteiger partial charge in [-0.2, -0.15) is 18.2 Å². The Bertz CT molecular complexity index is 923. The zero-order valence-corrected chi connectivity index (χ0v) is 16.7. The third kappa shape index (κ3) is 5.60. The van der Waals surface area contributed by atoms with E-state index in [1.54, 1.807) is 12.1 Å². The third-order valence-corrected chi connectivity index (χ3v) is 5.43. The van der Waals surface area contributed by atoms with E-state index in [-0.39, 0.29) is 35.7 Å². The van der Waals surface area contributed by atoms with Crippen LogP contribution < -0.4 is 21.7 Å². The predicted molar refractivity (Wildman–Crippen MR) is 110 cm³/mol. The van der Waals surface area contributed by atoms with Crippen molar-refractivity contribution in [2.75, 3.05) is 16.0 Å². The number of aromatic nitrogens is 3. The van der Waals surface area contributed by atoms with Gasteiger partial charge < -0.3 is 21.7 Å². The fourth-order valence-electron chi connectivity index (χ4n) is 3.46. The minimum absolute atomic E-state index is 0.0135. The van der Waals surface area contributed by atoms with Crippen LogP contribution in [0.1, 0.15) is 44.1 Å². The normalized spacial score (nSPS) is 21.4. The molecule has 2 aliphatic carbocycles. The average molecular weight is 435 g/mol. The molecule has 0 bridgehead atoms. The van der Waals surface area contributed by atoms with Gasteiger partial charge in [-0.1, -0.05) is 0 Å². The van der Waals surface area contributed by atoms with Crippen molar-refractivity contribution < 1.29 is 18.0 Å². The van der Waals surface area contributed by atoms with Crippen molar-refractivity contribution in [3.63, 3.8) is 0 Å². The van der Waals surface area contributed by atoms with Crippen LogP contribution in [0.5, 0.6) is 0 Å². The van der Waals surface area contributed by atoms with Crippen LogP contribution in [0.2, 0.25) is 0 Å². The Morgan fingerprint density at radius 3 is 2.39 bits per heavy atom. The molecule has 5 N–H and O–H groups in total. The Labute approximate surface area is 177 Å². The lowest BCUT2D eigenvalue weighted by molar-refractivity contribution is -0.137. The summed E-state index contributed by atoms with van der Waals surface area (Å²) >= 11 is 0. The van der Waals surface area contributed by atoms with Gasteiger partial charge in [-0.25, -0.2) is 9.97 Å². The zero-order valence-electron chi connectivity index (χ0n) is 16.7. The highest BCUT2D eigenvalue weighted by Gasteiger charge is 2.36. The molecule has 1 amide bonds. The first-order chi connectivity index (χ1) is 14.8. The van der Waals surface area contributed by atoms with Crippen molar-refractivity contribution in [1.29, 1.82) is 0 Å². The van der Waals surface area contributed by atoms with Gasteiger partial charge in [0.25, 0.3) is 0 Å². The molecule has 0 saturated heterocycles. The van der Waals surface area contributed by atoms with Crippen molar-refractivity contribution in [3.8, 4) is 0 Å². The van der Waals surface area contributed by atoms with Gasteiger partial charge >= 0.3 is 6.18 Å². The van der Waals surface area contributed by atoms with E-state index in [1.807, 2.05) is 0 Å². The molecule has 166 valence electrons. The van der Waals surface area contributed by atoms with Gasteiger partial charge in [-0.3, -0.25) is 4.79 Å². The van der Waals surface area contributed by atoms with Gasteiger partial charge in [0.15, 0.2) is 0 Å². The molecule has 2 saturated carbocycles. The van der Waals surface area contributed by atoms with E-state index in [4.69, 9.17) is 5.73 Å². The highest BCUT2D eigenvalue weighted by Crippen LogP contribution is 2.35. The molecule has 2 aliphatic rings. The topological polar surface area (TPSA) is 118 Å². The molecular weight excluding hydrogens is 411 g/mol. The van der Waals surface area contributed by atoms with Crippen LogP contribution in [0.4, 0.5) is 36.4 Å². The Balaban J connectivity index is 1.47. The number of carbonyl (C=O) groups is 1. The van der Waals surface area contributed by atoms with Gasteiger partial charge in [-0.05, 0) is 50.7 Å². The first-order valence-electron chi connectivity index (χ1n) is 10.3. The molecule has 4 rings (SSSR count). The fraction of sp³-hybridized carbons (Fsp3) is 0.500. The van der Waals surface area contributed by atoms with Gasteiger partial charge in [-0.15, -0.1) is 0 Å². The first kappa shape index (κ1) is 21.3. The van der Waals surface area contributed by atoms with E-state index in [0.717, 1.165) is 31.9 Å². The van der Waals surface area contributed by atoms with Crippen LogP contribution in [0, 0.1) is 5.92 Å². The van der Waals surface area contributed by atoms with E-state index in [1.165, 1.54) is 6.20 Å². The zero-order chi connectivity index (χ0) is 22.0. The highest BCUT2D eigenvalue weighted by molar-refractivity contribution is 5.93. The maximum Gasteiger partial charge on any atom is 0.421 e. The molecule has 0 unspecified atom stereocenters. The van der Waals surface area contributed by atoms with Crippen molar-refractivity contribution >= 4 is 29.2 Å². The second-order valence-electron chi connectivity index (χ2n) is 8.03. The summed E-state index contributed by atoms with van der Waals surface area (Å²) in [6, 6.07) is 3.22. The Morgan fingerprint density at radius 1 is 1.03 bits per heavy atom. The van der Waals surface area contributed by atoms with Crippen LogP contribution in [0.3, 0.4) is 0 Å². The molecule has 0 aromatic carbocycles. The molecule has 0 spiro atoms. The van der Waals surface area contributed by atoms with Crippen molar-refractivity contribution in [2.24, 2.45) is 11.7 Å². The molecular formula is C20H24F3N7O. The van der Waals surface area contributed by atoms with Gasteiger partial charge in [0.05, 0.1) is 11.9 Å². The number of pyridine rings is 1. The minimum Gasteiger partial charge on any atom is -0.367 e. The number of hydrogen-bond acceptors (Lipinski definition) is 7.